The first-order chi connectivity index (χ1) is 13.1. The molecule has 1 heterocycles. The van der Waals surface area contributed by atoms with Gasteiger partial charge in [-0.1, -0.05) is 30.3 Å². The predicted octanol–water partition coefficient (Wildman–Crippen LogP) is 3.89. The van der Waals surface area contributed by atoms with E-state index >= 15 is 0 Å². The van der Waals surface area contributed by atoms with Gasteiger partial charge in [0, 0.05) is 6.07 Å². The number of rotatable bonds is 6. The van der Waals surface area contributed by atoms with E-state index in [4.69, 9.17) is 9.47 Å². The molecule has 2 aromatic carbocycles. The average molecular weight is 364 g/mol. The molecule has 1 aliphatic heterocycles. The Hall–Kier alpha value is -3.74. The fraction of sp³-hybridized carbons (Fsp3) is 0.100. The van der Waals surface area contributed by atoms with Crippen LogP contribution in [0.15, 0.2) is 71.4 Å². The molecule has 0 amide bonds. The Balaban J connectivity index is 1.86. The monoisotopic (exact) mass is 364 g/mol. The number of hydrogen-bond donors (Lipinski definition) is 0. The van der Waals surface area contributed by atoms with Crippen LogP contribution in [0, 0.1) is 10.1 Å². The molecule has 0 N–H and O–H groups in total. The standard InChI is InChI=1S/C20H16N2O5/c1-2-26-18-13-6-4-10-15(18)19-21-16(20(23)27-19)11-7-9-14-8-3-5-12-17(14)22(24)25/h3-13H,2H2,1H3/b9-7+,16-11-. The van der Waals surface area contributed by atoms with Gasteiger partial charge in [0.1, 0.15) is 5.75 Å². The maximum atomic E-state index is 12.1. The highest BCUT2D eigenvalue weighted by atomic mass is 16.6. The summed E-state index contributed by atoms with van der Waals surface area (Å²) < 4.78 is 10.8. The fourth-order valence-electron chi connectivity index (χ4n) is 2.50. The van der Waals surface area contributed by atoms with E-state index in [-0.39, 0.29) is 17.3 Å². The molecule has 0 saturated heterocycles. The van der Waals surface area contributed by atoms with E-state index < -0.39 is 10.9 Å². The van der Waals surface area contributed by atoms with Gasteiger partial charge in [-0.3, -0.25) is 10.1 Å². The minimum atomic E-state index is -0.594. The molecule has 2 aromatic rings. The number of aliphatic imine (C=N–C) groups is 1. The van der Waals surface area contributed by atoms with Crippen LogP contribution in [0.5, 0.6) is 5.75 Å². The van der Waals surface area contributed by atoms with Crippen LogP contribution in [0.2, 0.25) is 0 Å². The fourth-order valence-corrected chi connectivity index (χ4v) is 2.50. The summed E-state index contributed by atoms with van der Waals surface area (Å²) >= 11 is 0. The lowest BCUT2D eigenvalue weighted by Gasteiger charge is -2.08. The summed E-state index contributed by atoms with van der Waals surface area (Å²) in [6, 6.07) is 13.5. The van der Waals surface area contributed by atoms with E-state index in [1.54, 1.807) is 42.5 Å². The van der Waals surface area contributed by atoms with Crippen molar-refractivity contribution in [1.82, 2.24) is 0 Å². The second kappa shape index (κ2) is 8.09. The summed E-state index contributed by atoms with van der Waals surface area (Å²) in [4.78, 5) is 26.8. The molecule has 0 aromatic heterocycles. The number of carbonyl (C=O) groups is 1. The summed E-state index contributed by atoms with van der Waals surface area (Å²) in [6.07, 6.45) is 4.52. The highest BCUT2D eigenvalue weighted by Crippen LogP contribution is 2.24. The van der Waals surface area contributed by atoms with Crippen molar-refractivity contribution in [2.24, 2.45) is 4.99 Å². The van der Waals surface area contributed by atoms with Crippen molar-refractivity contribution in [3.05, 3.63) is 87.6 Å². The Bertz CT molecular complexity index is 976. The van der Waals surface area contributed by atoms with Crippen LogP contribution in [-0.2, 0) is 9.53 Å². The zero-order valence-corrected chi connectivity index (χ0v) is 14.5. The Morgan fingerprint density at radius 2 is 1.93 bits per heavy atom. The molecule has 0 aliphatic carbocycles. The molecule has 0 bridgehead atoms. The van der Waals surface area contributed by atoms with Gasteiger partial charge in [-0.25, -0.2) is 9.79 Å². The van der Waals surface area contributed by atoms with E-state index in [2.05, 4.69) is 4.99 Å². The lowest BCUT2D eigenvalue weighted by molar-refractivity contribution is -0.385. The average Bonchev–Trinajstić information content (AvgIpc) is 3.03. The number of allylic oxidation sites excluding steroid dienone is 2. The number of nitro benzene ring substituents is 1. The van der Waals surface area contributed by atoms with E-state index in [0.717, 1.165) is 0 Å². The lowest BCUT2D eigenvalue weighted by atomic mass is 10.1. The molecule has 1 aliphatic rings. The van der Waals surface area contributed by atoms with E-state index in [0.29, 0.717) is 23.5 Å². The summed E-state index contributed by atoms with van der Waals surface area (Å²) in [7, 11) is 0. The van der Waals surface area contributed by atoms with Crippen molar-refractivity contribution < 1.29 is 19.2 Å². The third kappa shape index (κ3) is 4.09. The second-order valence-corrected chi connectivity index (χ2v) is 5.46. The topological polar surface area (TPSA) is 91.0 Å². The number of carbonyl (C=O) groups excluding carboxylic acids is 1. The molecule has 7 nitrogen and oxygen atoms in total. The summed E-state index contributed by atoms with van der Waals surface area (Å²) in [5, 5.41) is 11.0. The zero-order valence-electron chi connectivity index (χ0n) is 14.5. The van der Waals surface area contributed by atoms with Gasteiger partial charge in [0.15, 0.2) is 5.70 Å². The molecule has 0 unspecified atom stereocenters. The summed E-state index contributed by atoms with van der Waals surface area (Å²) in [6.45, 7) is 2.33. The first-order valence-corrected chi connectivity index (χ1v) is 8.25. The number of ether oxygens (including phenoxy) is 2. The van der Waals surface area contributed by atoms with Crippen molar-refractivity contribution >= 4 is 23.6 Å². The van der Waals surface area contributed by atoms with Crippen LogP contribution in [0.1, 0.15) is 18.1 Å². The van der Waals surface area contributed by atoms with Crippen molar-refractivity contribution in [2.45, 2.75) is 6.92 Å². The van der Waals surface area contributed by atoms with Gasteiger partial charge in [0.2, 0.25) is 5.90 Å². The molecular weight excluding hydrogens is 348 g/mol. The van der Waals surface area contributed by atoms with Gasteiger partial charge in [0.25, 0.3) is 5.69 Å². The van der Waals surface area contributed by atoms with Crippen molar-refractivity contribution in [3.8, 4) is 5.75 Å². The second-order valence-electron chi connectivity index (χ2n) is 5.46. The van der Waals surface area contributed by atoms with E-state index in [1.807, 2.05) is 13.0 Å². The minimum absolute atomic E-state index is 0.0176. The SMILES string of the molecule is CCOc1ccccc1C1=N/C(=C\C=C\c2ccccc2[N+](=O)[O-])C(=O)O1. The maximum Gasteiger partial charge on any atom is 0.363 e. The third-order valence-electron chi connectivity index (χ3n) is 3.70. The van der Waals surface area contributed by atoms with Gasteiger partial charge in [0.05, 0.1) is 22.7 Å². The minimum Gasteiger partial charge on any atom is -0.493 e. The molecule has 0 atom stereocenters. The number of esters is 1. The molecular formula is C20H16N2O5. The molecule has 0 radical (unpaired) electrons. The van der Waals surface area contributed by atoms with Crippen LogP contribution in [-0.4, -0.2) is 23.4 Å². The number of nitrogens with zero attached hydrogens (tertiary/aromatic N) is 2. The Labute approximate surface area is 155 Å². The highest BCUT2D eigenvalue weighted by molar-refractivity contribution is 6.12. The van der Waals surface area contributed by atoms with Crippen molar-refractivity contribution in [1.29, 1.82) is 0 Å². The lowest BCUT2D eigenvalue weighted by Crippen LogP contribution is -2.07. The van der Waals surface area contributed by atoms with E-state index in [9.17, 15) is 14.9 Å². The first kappa shape index (κ1) is 18.1. The molecule has 27 heavy (non-hydrogen) atoms. The molecule has 136 valence electrons. The molecule has 7 heteroatoms. The Morgan fingerprint density at radius 3 is 2.70 bits per heavy atom. The first-order valence-electron chi connectivity index (χ1n) is 8.25. The number of cyclic esters (lactones) is 1. The maximum absolute atomic E-state index is 12.1. The third-order valence-corrected chi connectivity index (χ3v) is 3.70. The molecule has 3 rings (SSSR count). The Morgan fingerprint density at radius 1 is 1.19 bits per heavy atom. The van der Waals surface area contributed by atoms with Crippen molar-refractivity contribution in [3.63, 3.8) is 0 Å². The smallest absolute Gasteiger partial charge is 0.363 e. The van der Waals surface area contributed by atoms with Gasteiger partial charge in [-0.15, -0.1) is 0 Å². The number of nitro groups is 1. The highest BCUT2D eigenvalue weighted by Gasteiger charge is 2.25. The summed E-state index contributed by atoms with van der Waals surface area (Å²) in [5.74, 6) is 0.140. The number of benzene rings is 2. The number of hydrogen-bond acceptors (Lipinski definition) is 6. The molecule has 0 saturated carbocycles. The quantitative estimate of drug-likeness (QED) is 0.336. The van der Waals surface area contributed by atoms with Crippen LogP contribution in [0.3, 0.4) is 0 Å². The van der Waals surface area contributed by atoms with Gasteiger partial charge >= 0.3 is 5.97 Å². The normalized spacial score (nSPS) is 15.1. The molecule has 0 spiro atoms. The van der Waals surface area contributed by atoms with Crippen LogP contribution < -0.4 is 4.74 Å². The summed E-state index contributed by atoms with van der Waals surface area (Å²) in [5.41, 5.74) is 1.09. The molecule has 0 fully saturated rings. The van der Waals surface area contributed by atoms with Crippen LogP contribution in [0.25, 0.3) is 6.08 Å². The predicted molar refractivity (Wildman–Crippen MR) is 100 cm³/mol. The number of para-hydroxylation sites is 2. The van der Waals surface area contributed by atoms with Crippen molar-refractivity contribution in [2.75, 3.05) is 6.61 Å². The largest absolute Gasteiger partial charge is 0.493 e. The zero-order chi connectivity index (χ0) is 19.2. The van der Waals surface area contributed by atoms with E-state index in [1.165, 1.54) is 18.2 Å². The van der Waals surface area contributed by atoms with Gasteiger partial charge in [-0.05, 0) is 37.3 Å². The Kier molecular flexibility index (Phi) is 5.41. The van der Waals surface area contributed by atoms with Crippen LogP contribution >= 0.6 is 0 Å². The van der Waals surface area contributed by atoms with Gasteiger partial charge < -0.3 is 9.47 Å². The van der Waals surface area contributed by atoms with Crippen LogP contribution in [0.4, 0.5) is 5.69 Å². The van der Waals surface area contributed by atoms with Gasteiger partial charge in [-0.2, -0.15) is 0 Å².